The van der Waals surface area contributed by atoms with Crippen molar-refractivity contribution >= 4 is 5.91 Å². The maximum Gasteiger partial charge on any atom is 0.280 e. The molecule has 0 spiro atoms. The van der Waals surface area contributed by atoms with E-state index >= 15 is 0 Å². The quantitative estimate of drug-likeness (QED) is 0.630. The summed E-state index contributed by atoms with van der Waals surface area (Å²) in [7, 11) is 2.79. The molecule has 1 unspecified atom stereocenters. The molecular formula is C9H16FNO2. The summed E-state index contributed by atoms with van der Waals surface area (Å²) in [5.41, 5.74) is 0. The molecule has 3 nitrogen and oxygen atoms in total. The monoisotopic (exact) mass is 189 g/mol. The van der Waals surface area contributed by atoms with E-state index in [0.717, 1.165) is 30.7 Å². The van der Waals surface area contributed by atoms with Gasteiger partial charge in [-0.05, 0) is 18.8 Å². The highest BCUT2D eigenvalue weighted by atomic mass is 19.1. The Morgan fingerprint density at radius 2 is 2.08 bits per heavy atom. The molecule has 1 amide bonds. The summed E-state index contributed by atoms with van der Waals surface area (Å²) in [6.45, 7) is 0. The van der Waals surface area contributed by atoms with Gasteiger partial charge in [-0.3, -0.25) is 9.63 Å². The van der Waals surface area contributed by atoms with Crippen LogP contribution in [0.25, 0.3) is 0 Å². The van der Waals surface area contributed by atoms with E-state index < -0.39 is 12.1 Å². The summed E-state index contributed by atoms with van der Waals surface area (Å²) in [4.78, 5) is 15.9. The van der Waals surface area contributed by atoms with Gasteiger partial charge in [0.05, 0.1) is 7.11 Å². The van der Waals surface area contributed by atoms with Crippen LogP contribution in [0.2, 0.25) is 0 Å². The molecule has 76 valence electrons. The molecule has 0 aliphatic heterocycles. The molecule has 0 radical (unpaired) electrons. The normalized spacial score (nSPS) is 20.2. The van der Waals surface area contributed by atoms with E-state index in [1.54, 1.807) is 0 Å². The number of rotatable bonds is 3. The molecule has 1 rings (SSSR count). The highest BCUT2D eigenvalue weighted by molar-refractivity contribution is 5.79. The fourth-order valence-corrected chi connectivity index (χ4v) is 1.72. The van der Waals surface area contributed by atoms with Crippen LogP contribution < -0.4 is 0 Å². The van der Waals surface area contributed by atoms with Crippen LogP contribution in [0.4, 0.5) is 4.39 Å². The van der Waals surface area contributed by atoms with Crippen LogP contribution in [0.3, 0.4) is 0 Å². The first-order valence-corrected chi connectivity index (χ1v) is 4.62. The first-order chi connectivity index (χ1) is 6.16. The molecule has 1 saturated carbocycles. The third-order valence-electron chi connectivity index (χ3n) is 2.63. The molecule has 0 bridgehead atoms. The third-order valence-corrected chi connectivity index (χ3v) is 2.63. The molecule has 13 heavy (non-hydrogen) atoms. The topological polar surface area (TPSA) is 29.5 Å². The summed E-state index contributed by atoms with van der Waals surface area (Å²) in [5, 5.41) is 0.961. The van der Waals surface area contributed by atoms with Gasteiger partial charge in [0.25, 0.3) is 5.91 Å². The summed E-state index contributed by atoms with van der Waals surface area (Å²) < 4.78 is 13.5. The second kappa shape index (κ2) is 4.56. The molecule has 0 N–H and O–H groups in total. The summed E-state index contributed by atoms with van der Waals surface area (Å²) in [6, 6.07) is 0. The molecule has 1 atom stereocenters. The SMILES string of the molecule is CON(C)C(=O)C(F)C1CCCC1. The van der Waals surface area contributed by atoms with Crippen LogP contribution in [0, 0.1) is 5.92 Å². The van der Waals surface area contributed by atoms with Crippen LogP contribution in [0.15, 0.2) is 0 Å². The Labute approximate surface area is 77.8 Å². The van der Waals surface area contributed by atoms with E-state index in [1.165, 1.54) is 14.2 Å². The first kappa shape index (κ1) is 10.4. The minimum atomic E-state index is -1.38. The number of carbonyl (C=O) groups is 1. The lowest BCUT2D eigenvalue weighted by Gasteiger charge is -2.19. The average molecular weight is 189 g/mol. The molecule has 0 heterocycles. The van der Waals surface area contributed by atoms with Gasteiger partial charge in [-0.15, -0.1) is 0 Å². The van der Waals surface area contributed by atoms with Crippen molar-refractivity contribution in [2.24, 2.45) is 5.92 Å². The Bertz CT molecular complexity index is 180. The minimum Gasteiger partial charge on any atom is -0.274 e. The van der Waals surface area contributed by atoms with Crippen LogP contribution in [0.1, 0.15) is 25.7 Å². The van der Waals surface area contributed by atoms with Crippen LogP contribution in [0.5, 0.6) is 0 Å². The predicted molar refractivity (Wildman–Crippen MR) is 46.6 cm³/mol. The number of alkyl halides is 1. The van der Waals surface area contributed by atoms with E-state index in [4.69, 9.17) is 0 Å². The Morgan fingerprint density at radius 3 is 2.54 bits per heavy atom. The second-order valence-electron chi connectivity index (χ2n) is 3.46. The van der Waals surface area contributed by atoms with Gasteiger partial charge in [0.1, 0.15) is 0 Å². The molecule has 0 saturated heterocycles. The van der Waals surface area contributed by atoms with Crippen LogP contribution in [-0.4, -0.2) is 31.3 Å². The third kappa shape index (κ3) is 2.40. The second-order valence-corrected chi connectivity index (χ2v) is 3.46. The smallest absolute Gasteiger partial charge is 0.274 e. The maximum atomic E-state index is 13.5. The highest BCUT2D eigenvalue weighted by Gasteiger charge is 2.32. The van der Waals surface area contributed by atoms with Gasteiger partial charge in [-0.1, -0.05) is 12.8 Å². The Hall–Kier alpha value is -0.640. The molecule has 1 fully saturated rings. The first-order valence-electron chi connectivity index (χ1n) is 4.62. The van der Waals surface area contributed by atoms with Gasteiger partial charge in [0, 0.05) is 7.05 Å². The number of hydrogen-bond donors (Lipinski definition) is 0. The van der Waals surface area contributed by atoms with Gasteiger partial charge in [-0.2, -0.15) is 0 Å². The van der Waals surface area contributed by atoms with E-state index in [0.29, 0.717) is 0 Å². The summed E-state index contributed by atoms with van der Waals surface area (Å²) in [6.07, 6.45) is 2.34. The number of hydroxylamine groups is 2. The highest BCUT2D eigenvalue weighted by Crippen LogP contribution is 2.30. The van der Waals surface area contributed by atoms with Gasteiger partial charge >= 0.3 is 0 Å². The number of carbonyl (C=O) groups excluding carboxylic acids is 1. The molecular weight excluding hydrogens is 173 g/mol. The van der Waals surface area contributed by atoms with Crippen molar-refractivity contribution in [1.82, 2.24) is 5.06 Å². The van der Waals surface area contributed by atoms with Gasteiger partial charge in [-0.25, -0.2) is 9.45 Å². The van der Waals surface area contributed by atoms with Crippen LogP contribution in [-0.2, 0) is 9.63 Å². The zero-order valence-electron chi connectivity index (χ0n) is 8.12. The minimum absolute atomic E-state index is 0.0925. The number of amides is 1. The molecule has 0 aromatic carbocycles. The fourth-order valence-electron chi connectivity index (χ4n) is 1.72. The van der Waals surface area contributed by atoms with Crippen molar-refractivity contribution in [1.29, 1.82) is 0 Å². The number of halogens is 1. The lowest BCUT2D eigenvalue weighted by Crippen LogP contribution is -2.36. The van der Waals surface area contributed by atoms with Crippen molar-refractivity contribution < 1.29 is 14.0 Å². The van der Waals surface area contributed by atoms with Crippen molar-refractivity contribution in [2.75, 3.05) is 14.2 Å². The van der Waals surface area contributed by atoms with E-state index in [-0.39, 0.29) is 5.92 Å². The van der Waals surface area contributed by atoms with E-state index in [1.807, 2.05) is 0 Å². The molecule has 1 aliphatic carbocycles. The number of hydrogen-bond acceptors (Lipinski definition) is 2. The molecule has 4 heteroatoms. The van der Waals surface area contributed by atoms with E-state index in [9.17, 15) is 9.18 Å². The number of nitrogens with zero attached hydrogens (tertiary/aromatic N) is 1. The van der Waals surface area contributed by atoms with Crippen LogP contribution >= 0.6 is 0 Å². The molecule has 0 aromatic heterocycles. The Balaban J connectivity index is 2.45. The predicted octanol–water partition coefficient (Wildman–Crippen LogP) is 1.53. The van der Waals surface area contributed by atoms with Crippen molar-refractivity contribution in [3.05, 3.63) is 0 Å². The van der Waals surface area contributed by atoms with Gasteiger partial charge < -0.3 is 0 Å². The fraction of sp³-hybridized carbons (Fsp3) is 0.889. The van der Waals surface area contributed by atoms with Crippen molar-refractivity contribution in [3.8, 4) is 0 Å². The average Bonchev–Trinajstić information content (AvgIpc) is 2.67. The molecule has 1 aliphatic rings. The Morgan fingerprint density at radius 1 is 1.54 bits per heavy atom. The summed E-state index contributed by atoms with van der Waals surface area (Å²) in [5.74, 6) is -0.653. The van der Waals surface area contributed by atoms with Gasteiger partial charge in [0.15, 0.2) is 6.17 Å². The van der Waals surface area contributed by atoms with Gasteiger partial charge in [0.2, 0.25) is 0 Å². The lowest BCUT2D eigenvalue weighted by atomic mass is 10.0. The summed E-state index contributed by atoms with van der Waals surface area (Å²) >= 11 is 0. The Kier molecular flexibility index (Phi) is 3.66. The standard InChI is InChI=1S/C9H16FNO2/c1-11(13-2)9(12)8(10)7-5-3-4-6-7/h7-8H,3-6H2,1-2H3. The largest absolute Gasteiger partial charge is 0.280 e. The van der Waals surface area contributed by atoms with Crippen molar-refractivity contribution in [3.63, 3.8) is 0 Å². The zero-order valence-corrected chi connectivity index (χ0v) is 8.12. The zero-order chi connectivity index (χ0) is 9.84. The lowest BCUT2D eigenvalue weighted by molar-refractivity contribution is -0.176. The van der Waals surface area contributed by atoms with E-state index in [2.05, 4.69) is 4.84 Å². The maximum absolute atomic E-state index is 13.5. The molecule has 0 aromatic rings. The van der Waals surface area contributed by atoms with Crippen molar-refractivity contribution in [2.45, 2.75) is 31.9 Å².